The highest BCUT2D eigenvalue weighted by atomic mass is 35.5. The van der Waals surface area contributed by atoms with E-state index in [1.54, 1.807) is 17.8 Å². The summed E-state index contributed by atoms with van der Waals surface area (Å²) in [4.78, 5) is 0.985. The third-order valence-corrected chi connectivity index (χ3v) is 4.62. The van der Waals surface area contributed by atoms with Crippen molar-refractivity contribution in [3.8, 4) is 0 Å². The van der Waals surface area contributed by atoms with Gasteiger partial charge in [-0.05, 0) is 31.0 Å². The zero-order chi connectivity index (χ0) is 11.5. The van der Waals surface area contributed by atoms with E-state index in [1.165, 1.54) is 6.42 Å². The third-order valence-electron chi connectivity index (χ3n) is 2.92. The smallest absolute Gasteiger partial charge is 0.0662 e. The molecular weight excluding hydrogens is 242 g/mol. The number of aliphatic hydroxyl groups excluding tert-OH is 1. The van der Waals surface area contributed by atoms with Crippen molar-refractivity contribution in [2.45, 2.75) is 41.9 Å². The van der Waals surface area contributed by atoms with Crippen LogP contribution in [0.5, 0.6) is 0 Å². The van der Waals surface area contributed by atoms with E-state index in [0.29, 0.717) is 5.02 Å². The lowest BCUT2D eigenvalue weighted by atomic mass is 9.97. The highest BCUT2D eigenvalue weighted by Crippen LogP contribution is 2.37. The molecule has 16 heavy (non-hydrogen) atoms. The second kappa shape index (κ2) is 5.30. The summed E-state index contributed by atoms with van der Waals surface area (Å²) >= 11 is 7.59. The molecule has 88 valence electrons. The maximum absolute atomic E-state index is 9.90. The number of halogens is 1. The second-order valence-corrected chi connectivity index (χ2v) is 5.91. The summed E-state index contributed by atoms with van der Waals surface area (Å²) in [6.07, 6.45) is 4.06. The van der Waals surface area contributed by atoms with Gasteiger partial charge in [0.05, 0.1) is 6.10 Å². The average Bonchev–Trinajstić information content (AvgIpc) is 2.27. The fourth-order valence-electron chi connectivity index (χ4n) is 1.99. The molecule has 2 atom stereocenters. The number of rotatable bonds is 2. The van der Waals surface area contributed by atoms with E-state index in [1.807, 2.05) is 12.1 Å². The summed E-state index contributed by atoms with van der Waals surface area (Å²) in [7, 11) is 0. The number of nitrogen functional groups attached to an aromatic ring is 1. The molecule has 1 aromatic carbocycles. The number of hydrogen-bond acceptors (Lipinski definition) is 3. The predicted molar refractivity (Wildman–Crippen MR) is 70.0 cm³/mol. The highest BCUT2D eigenvalue weighted by Gasteiger charge is 2.24. The Morgan fingerprint density at radius 2 is 2.06 bits per heavy atom. The SMILES string of the molecule is Nc1ccc(Cl)cc1SC1CCCCC1O. The number of hydrogen-bond donors (Lipinski definition) is 2. The minimum Gasteiger partial charge on any atom is -0.398 e. The number of nitrogens with two attached hydrogens (primary N) is 1. The lowest BCUT2D eigenvalue weighted by Crippen LogP contribution is -2.26. The third kappa shape index (κ3) is 2.84. The van der Waals surface area contributed by atoms with Crippen LogP contribution in [0.25, 0.3) is 0 Å². The van der Waals surface area contributed by atoms with Gasteiger partial charge in [-0.15, -0.1) is 11.8 Å². The standard InChI is InChI=1S/C12H16ClNOS/c13-8-5-6-9(14)12(7-8)16-11-4-2-1-3-10(11)15/h5-7,10-11,15H,1-4,14H2. The second-order valence-electron chi connectivity index (χ2n) is 4.19. The van der Waals surface area contributed by atoms with Crippen LogP contribution >= 0.6 is 23.4 Å². The van der Waals surface area contributed by atoms with Gasteiger partial charge in [-0.3, -0.25) is 0 Å². The van der Waals surface area contributed by atoms with E-state index in [4.69, 9.17) is 17.3 Å². The molecule has 1 saturated carbocycles. The van der Waals surface area contributed by atoms with Gasteiger partial charge >= 0.3 is 0 Å². The summed E-state index contributed by atoms with van der Waals surface area (Å²) < 4.78 is 0. The number of benzene rings is 1. The van der Waals surface area contributed by atoms with Crippen molar-refractivity contribution >= 4 is 29.1 Å². The monoisotopic (exact) mass is 257 g/mol. The van der Waals surface area contributed by atoms with Gasteiger partial charge in [0.25, 0.3) is 0 Å². The molecule has 0 aliphatic heterocycles. The topological polar surface area (TPSA) is 46.2 Å². The molecule has 2 unspecified atom stereocenters. The van der Waals surface area contributed by atoms with Crippen LogP contribution in [-0.4, -0.2) is 16.5 Å². The largest absolute Gasteiger partial charge is 0.398 e. The Morgan fingerprint density at radius 3 is 2.81 bits per heavy atom. The van der Waals surface area contributed by atoms with E-state index in [9.17, 15) is 5.11 Å². The van der Waals surface area contributed by atoms with Crippen molar-refractivity contribution in [2.24, 2.45) is 0 Å². The first-order chi connectivity index (χ1) is 7.66. The maximum atomic E-state index is 9.90. The quantitative estimate of drug-likeness (QED) is 0.799. The Morgan fingerprint density at radius 1 is 1.31 bits per heavy atom. The van der Waals surface area contributed by atoms with Gasteiger partial charge in [0.2, 0.25) is 0 Å². The van der Waals surface area contributed by atoms with Crippen molar-refractivity contribution in [3.05, 3.63) is 23.2 Å². The van der Waals surface area contributed by atoms with Gasteiger partial charge in [-0.25, -0.2) is 0 Å². The normalized spacial score (nSPS) is 25.6. The van der Waals surface area contributed by atoms with Crippen molar-refractivity contribution in [1.29, 1.82) is 0 Å². The Labute approximate surface area is 105 Å². The molecule has 1 aromatic rings. The number of anilines is 1. The van der Waals surface area contributed by atoms with Gasteiger partial charge in [0, 0.05) is 20.9 Å². The van der Waals surface area contributed by atoms with Gasteiger partial charge in [0.15, 0.2) is 0 Å². The van der Waals surface area contributed by atoms with E-state index in [-0.39, 0.29) is 11.4 Å². The number of aliphatic hydroxyl groups is 1. The van der Waals surface area contributed by atoms with Crippen LogP contribution in [-0.2, 0) is 0 Å². The summed E-state index contributed by atoms with van der Waals surface area (Å²) in [5.41, 5.74) is 6.63. The summed E-state index contributed by atoms with van der Waals surface area (Å²) in [5, 5.41) is 10.9. The minimum atomic E-state index is -0.211. The van der Waals surface area contributed by atoms with Crippen molar-refractivity contribution in [3.63, 3.8) is 0 Å². The molecule has 3 N–H and O–H groups in total. The molecule has 0 bridgehead atoms. The van der Waals surface area contributed by atoms with Gasteiger partial charge < -0.3 is 10.8 Å². The van der Waals surface area contributed by atoms with E-state index in [0.717, 1.165) is 29.8 Å². The molecule has 0 spiro atoms. The molecule has 1 aliphatic carbocycles. The van der Waals surface area contributed by atoms with E-state index < -0.39 is 0 Å². The molecule has 2 rings (SSSR count). The Balaban J connectivity index is 2.10. The Hall–Kier alpha value is -0.380. The van der Waals surface area contributed by atoms with E-state index >= 15 is 0 Å². The minimum absolute atomic E-state index is 0.211. The van der Waals surface area contributed by atoms with Crippen LogP contribution in [0.1, 0.15) is 25.7 Å². The Kier molecular flexibility index (Phi) is 4.00. The molecule has 1 aliphatic rings. The maximum Gasteiger partial charge on any atom is 0.0662 e. The van der Waals surface area contributed by atoms with Crippen LogP contribution in [0.3, 0.4) is 0 Å². The summed E-state index contributed by atoms with van der Waals surface area (Å²) in [6.45, 7) is 0. The molecule has 1 fully saturated rings. The van der Waals surface area contributed by atoms with Crippen molar-refractivity contribution in [2.75, 3.05) is 5.73 Å². The first-order valence-corrected chi connectivity index (χ1v) is 6.82. The lowest BCUT2D eigenvalue weighted by Gasteiger charge is -2.27. The van der Waals surface area contributed by atoms with Crippen LogP contribution in [0.4, 0.5) is 5.69 Å². The first-order valence-electron chi connectivity index (χ1n) is 5.56. The molecule has 2 nitrogen and oxygen atoms in total. The van der Waals surface area contributed by atoms with Crippen LogP contribution < -0.4 is 5.73 Å². The van der Waals surface area contributed by atoms with Crippen LogP contribution in [0, 0.1) is 0 Å². The summed E-state index contributed by atoms with van der Waals surface area (Å²) in [6, 6.07) is 5.49. The molecule has 0 saturated heterocycles. The zero-order valence-corrected chi connectivity index (χ0v) is 10.6. The lowest BCUT2D eigenvalue weighted by molar-refractivity contribution is 0.137. The first kappa shape index (κ1) is 12.1. The fraction of sp³-hybridized carbons (Fsp3) is 0.500. The summed E-state index contributed by atoms with van der Waals surface area (Å²) in [5.74, 6) is 0. The molecule has 4 heteroatoms. The number of thioether (sulfide) groups is 1. The average molecular weight is 258 g/mol. The van der Waals surface area contributed by atoms with Gasteiger partial charge in [-0.2, -0.15) is 0 Å². The van der Waals surface area contributed by atoms with E-state index in [2.05, 4.69) is 0 Å². The fourth-order valence-corrected chi connectivity index (χ4v) is 3.53. The predicted octanol–water partition coefficient (Wildman–Crippen LogP) is 3.32. The Bertz CT molecular complexity index is 372. The highest BCUT2D eigenvalue weighted by molar-refractivity contribution is 8.00. The van der Waals surface area contributed by atoms with Gasteiger partial charge in [-0.1, -0.05) is 24.4 Å². The van der Waals surface area contributed by atoms with Crippen molar-refractivity contribution < 1.29 is 5.11 Å². The van der Waals surface area contributed by atoms with Crippen LogP contribution in [0.2, 0.25) is 5.02 Å². The molecule has 0 aromatic heterocycles. The van der Waals surface area contributed by atoms with Crippen molar-refractivity contribution in [1.82, 2.24) is 0 Å². The molecular formula is C12H16ClNOS. The van der Waals surface area contributed by atoms with Crippen LogP contribution in [0.15, 0.2) is 23.1 Å². The van der Waals surface area contributed by atoms with Gasteiger partial charge in [0.1, 0.15) is 0 Å². The molecule has 0 radical (unpaired) electrons. The molecule has 0 amide bonds. The zero-order valence-electron chi connectivity index (χ0n) is 9.03. The molecule has 0 heterocycles.